The van der Waals surface area contributed by atoms with E-state index in [1.54, 1.807) is 0 Å². The van der Waals surface area contributed by atoms with Crippen LogP contribution in [-0.2, 0) is 0 Å². The van der Waals surface area contributed by atoms with Crippen molar-refractivity contribution in [3.63, 3.8) is 0 Å². The molecule has 2 nitrogen and oxygen atoms in total. The first-order chi connectivity index (χ1) is 8.19. The molecule has 0 amide bonds. The number of hydrogen-bond acceptors (Lipinski definition) is 2. The third-order valence-electron chi connectivity index (χ3n) is 2.42. The van der Waals surface area contributed by atoms with E-state index in [0.29, 0.717) is 5.56 Å². The van der Waals surface area contributed by atoms with E-state index in [-0.39, 0.29) is 0 Å². The number of anilines is 2. The van der Waals surface area contributed by atoms with Crippen LogP contribution in [0.1, 0.15) is 11.1 Å². The van der Waals surface area contributed by atoms with Gasteiger partial charge in [0.2, 0.25) is 0 Å². The lowest BCUT2D eigenvalue weighted by atomic mass is 10.1. The molecule has 0 aliphatic heterocycles. The molecule has 0 aromatic heterocycles. The Morgan fingerprint density at radius 3 is 2.47 bits per heavy atom. The molecule has 0 aliphatic rings. The molecule has 0 spiro atoms. The Bertz CT molecular complexity index is 568. The van der Waals surface area contributed by atoms with Crippen LogP contribution in [0.15, 0.2) is 42.5 Å². The van der Waals surface area contributed by atoms with Gasteiger partial charge in [0.15, 0.2) is 0 Å². The van der Waals surface area contributed by atoms with Crippen molar-refractivity contribution < 1.29 is 0 Å². The van der Waals surface area contributed by atoms with Crippen molar-refractivity contribution in [2.45, 2.75) is 6.92 Å². The number of nitriles is 1. The second kappa shape index (κ2) is 5.19. The summed E-state index contributed by atoms with van der Waals surface area (Å²) in [6, 6.07) is 16.0. The maximum absolute atomic E-state index is 9.04. The number of hydrogen-bond donors (Lipinski definition) is 1. The third-order valence-corrected chi connectivity index (χ3v) is 3.14. The van der Waals surface area contributed by atoms with Gasteiger partial charge < -0.3 is 5.32 Å². The lowest BCUT2D eigenvalue weighted by molar-refractivity contribution is 1.41. The van der Waals surface area contributed by atoms with Gasteiger partial charge in [0, 0.05) is 9.26 Å². The Balaban J connectivity index is 2.32. The highest BCUT2D eigenvalue weighted by Crippen LogP contribution is 2.22. The molecule has 84 valence electrons. The summed E-state index contributed by atoms with van der Waals surface area (Å²) in [7, 11) is 0. The number of aryl methyl sites for hydroxylation is 1. The van der Waals surface area contributed by atoms with Crippen molar-refractivity contribution in [1.29, 1.82) is 5.26 Å². The Kier molecular flexibility index (Phi) is 3.64. The molecule has 0 heterocycles. The molecule has 17 heavy (non-hydrogen) atoms. The van der Waals surface area contributed by atoms with Crippen LogP contribution in [0.25, 0.3) is 0 Å². The molecule has 0 aliphatic carbocycles. The van der Waals surface area contributed by atoms with Crippen molar-refractivity contribution in [2.75, 3.05) is 5.32 Å². The van der Waals surface area contributed by atoms with Gasteiger partial charge in [-0.1, -0.05) is 6.07 Å². The molecule has 0 radical (unpaired) electrons. The summed E-state index contributed by atoms with van der Waals surface area (Å²) >= 11 is 2.27. The zero-order valence-electron chi connectivity index (χ0n) is 9.37. The van der Waals surface area contributed by atoms with Crippen molar-refractivity contribution in [3.05, 3.63) is 57.2 Å². The van der Waals surface area contributed by atoms with E-state index in [2.05, 4.69) is 34.0 Å². The highest BCUT2D eigenvalue weighted by atomic mass is 127. The molecule has 2 aromatic rings. The minimum Gasteiger partial charge on any atom is -0.354 e. The van der Waals surface area contributed by atoms with Crippen LogP contribution in [0.2, 0.25) is 0 Å². The zero-order valence-corrected chi connectivity index (χ0v) is 11.5. The number of benzene rings is 2. The average molecular weight is 334 g/mol. The summed E-state index contributed by atoms with van der Waals surface area (Å²) in [5.74, 6) is 0. The summed E-state index contributed by atoms with van der Waals surface area (Å²) in [4.78, 5) is 0. The number of nitrogens with zero attached hydrogens (tertiary/aromatic N) is 1. The topological polar surface area (TPSA) is 35.8 Å². The third kappa shape index (κ3) is 2.98. The summed E-state index contributed by atoms with van der Waals surface area (Å²) < 4.78 is 1.19. The van der Waals surface area contributed by atoms with Crippen LogP contribution in [0.3, 0.4) is 0 Å². The van der Waals surface area contributed by atoms with E-state index in [1.807, 2.05) is 49.4 Å². The predicted octanol–water partition coefficient (Wildman–Crippen LogP) is 4.21. The van der Waals surface area contributed by atoms with Crippen LogP contribution in [0.4, 0.5) is 11.4 Å². The molecule has 0 unspecified atom stereocenters. The Morgan fingerprint density at radius 2 is 1.82 bits per heavy atom. The molecule has 0 fully saturated rings. The zero-order chi connectivity index (χ0) is 12.3. The van der Waals surface area contributed by atoms with E-state index >= 15 is 0 Å². The molecule has 3 heteroatoms. The maximum Gasteiger partial charge on any atom is 0.101 e. The van der Waals surface area contributed by atoms with E-state index in [4.69, 9.17) is 5.26 Å². The summed E-state index contributed by atoms with van der Waals surface area (Å²) in [5.41, 5.74) is 3.65. The fourth-order valence-electron chi connectivity index (χ4n) is 1.55. The first kappa shape index (κ1) is 11.9. The van der Waals surface area contributed by atoms with Crippen LogP contribution in [-0.4, -0.2) is 0 Å². The SMILES string of the molecule is Cc1ccc(C#N)c(Nc2ccc(I)cc2)c1. The van der Waals surface area contributed by atoms with Gasteiger partial charge in [-0.3, -0.25) is 0 Å². The quantitative estimate of drug-likeness (QED) is 0.835. The van der Waals surface area contributed by atoms with Crippen molar-refractivity contribution in [3.8, 4) is 6.07 Å². The van der Waals surface area contributed by atoms with Gasteiger partial charge in [0.05, 0.1) is 11.3 Å². The fourth-order valence-corrected chi connectivity index (χ4v) is 1.91. The van der Waals surface area contributed by atoms with Gasteiger partial charge in [0.1, 0.15) is 6.07 Å². The molecule has 0 saturated heterocycles. The first-order valence-electron chi connectivity index (χ1n) is 5.22. The van der Waals surface area contributed by atoms with Crippen LogP contribution in [0, 0.1) is 21.8 Å². The van der Waals surface area contributed by atoms with Crippen molar-refractivity contribution in [1.82, 2.24) is 0 Å². The first-order valence-corrected chi connectivity index (χ1v) is 6.30. The molecular weight excluding hydrogens is 323 g/mol. The smallest absolute Gasteiger partial charge is 0.101 e. The van der Waals surface area contributed by atoms with Crippen molar-refractivity contribution >= 4 is 34.0 Å². The van der Waals surface area contributed by atoms with E-state index in [9.17, 15) is 0 Å². The minimum absolute atomic E-state index is 0.661. The van der Waals surface area contributed by atoms with E-state index in [0.717, 1.165) is 16.9 Å². The Labute approximate surface area is 114 Å². The summed E-state index contributed by atoms with van der Waals surface area (Å²) in [5, 5.41) is 12.3. The molecule has 2 aromatic carbocycles. The normalized spacial score (nSPS) is 9.71. The fraction of sp³-hybridized carbons (Fsp3) is 0.0714. The second-order valence-electron chi connectivity index (χ2n) is 3.79. The van der Waals surface area contributed by atoms with Crippen LogP contribution >= 0.6 is 22.6 Å². The van der Waals surface area contributed by atoms with Crippen LogP contribution in [0.5, 0.6) is 0 Å². The molecule has 2 rings (SSSR count). The second-order valence-corrected chi connectivity index (χ2v) is 5.04. The lowest BCUT2D eigenvalue weighted by Gasteiger charge is -2.09. The van der Waals surface area contributed by atoms with E-state index < -0.39 is 0 Å². The molecule has 0 bridgehead atoms. The highest BCUT2D eigenvalue weighted by molar-refractivity contribution is 14.1. The summed E-state index contributed by atoms with van der Waals surface area (Å²) in [6.45, 7) is 2.01. The van der Waals surface area contributed by atoms with Gasteiger partial charge in [0.25, 0.3) is 0 Å². The van der Waals surface area contributed by atoms with Gasteiger partial charge in [-0.15, -0.1) is 0 Å². The predicted molar refractivity (Wildman–Crippen MR) is 78.3 cm³/mol. The minimum atomic E-state index is 0.661. The Morgan fingerprint density at radius 1 is 1.12 bits per heavy atom. The Hall–Kier alpha value is -1.54. The standard InChI is InChI=1S/C14H11IN2/c1-10-2-3-11(9-16)14(8-10)17-13-6-4-12(15)5-7-13/h2-8,17H,1H3. The van der Waals surface area contributed by atoms with Crippen LogP contribution < -0.4 is 5.32 Å². The van der Waals surface area contributed by atoms with Gasteiger partial charge >= 0.3 is 0 Å². The highest BCUT2D eigenvalue weighted by Gasteiger charge is 2.02. The summed E-state index contributed by atoms with van der Waals surface area (Å²) in [6.07, 6.45) is 0. The molecular formula is C14H11IN2. The number of nitrogens with one attached hydrogen (secondary N) is 1. The van der Waals surface area contributed by atoms with E-state index in [1.165, 1.54) is 3.57 Å². The monoisotopic (exact) mass is 334 g/mol. The maximum atomic E-state index is 9.04. The van der Waals surface area contributed by atoms with Gasteiger partial charge in [-0.2, -0.15) is 5.26 Å². The number of rotatable bonds is 2. The lowest BCUT2D eigenvalue weighted by Crippen LogP contribution is -1.94. The molecule has 0 saturated carbocycles. The largest absolute Gasteiger partial charge is 0.354 e. The molecule has 1 N–H and O–H groups in total. The molecule has 0 atom stereocenters. The van der Waals surface area contributed by atoms with Gasteiger partial charge in [-0.05, 0) is 71.5 Å². The number of halogens is 1. The van der Waals surface area contributed by atoms with Gasteiger partial charge in [-0.25, -0.2) is 0 Å². The van der Waals surface area contributed by atoms with Crippen molar-refractivity contribution in [2.24, 2.45) is 0 Å². The average Bonchev–Trinajstić information content (AvgIpc) is 2.32.